The number of hydrogen-bond donors (Lipinski definition) is 6. The normalized spacial score (nSPS) is 7.57. The van der Waals surface area contributed by atoms with Crippen LogP contribution in [0.1, 0.15) is 47.5 Å². The topological polar surface area (TPSA) is 202 Å². The second-order valence-corrected chi connectivity index (χ2v) is 3.01. The maximum atomic E-state index is 9.00. The van der Waals surface area contributed by atoms with Crippen molar-refractivity contribution in [1.29, 1.82) is 0 Å². The van der Waals surface area contributed by atoms with E-state index in [0.29, 0.717) is 5.76 Å². The van der Waals surface area contributed by atoms with Gasteiger partial charge in [0.1, 0.15) is 0 Å². The van der Waals surface area contributed by atoms with Gasteiger partial charge >= 0.3 is 0 Å². The van der Waals surface area contributed by atoms with Crippen LogP contribution in [0.25, 0.3) is 0 Å². The maximum absolute atomic E-state index is 9.00. The van der Waals surface area contributed by atoms with Crippen LogP contribution < -0.4 is 12.3 Å². The van der Waals surface area contributed by atoms with E-state index in [4.69, 9.17) is 34.8 Å². The van der Waals surface area contributed by atoms with Gasteiger partial charge in [-0.25, -0.2) is 0 Å². The first-order chi connectivity index (χ1) is 8.50. The zero-order chi connectivity index (χ0) is 16.4. The summed E-state index contributed by atoms with van der Waals surface area (Å²) < 4.78 is 0. The number of hydrogen-bond acceptors (Lipinski definition) is 6. The van der Waals surface area contributed by atoms with Crippen LogP contribution in [0.5, 0.6) is 0 Å². The highest BCUT2D eigenvalue weighted by Crippen LogP contribution is 1.94. The minimum Gasteiger partial charge on any atom is -0.513 e. The van der Waals surface area contributed by atoms with Crippen molar-refractivity contribution in [2.75, 3.05) is 0 Å². The first-order valence-corrected chi connectivity index (χ1v) is 5.47. The summed E-state index contributed by atoms with van der Waals surface area (Å²) in [6.45, 7) is 7.19. The lowest BCUT2D eigenvalue weighted by atomic mass is 10.3. The molecule has 9 heteroatoms. The number of aliphatic carboxylic acids is 3. The molecule has 0 aromatic heterocycles. The lowest BCUT2D eigenvalue weighted by Crippen LogP contribution is -1.78. The van der Waals surface area contributed by atoms with Crippen LogP contribution in [0, 0.1) is 0 Å². The predicted molar refractivity (Wildman–Crippen MR) is 81.3 cm³/mol. The van der Waals surface area contributed by atoms with Crippen LogP contribution in [0.2, 0.25) is 0 Å². The molecule has 0 heterocycles. The number of carbonyl (C=O) groups is 3. The third-order valence-electron chi connectivity index (χ3n) is 0.802. The molecule has 0 aliphatic carbocycles. The molecular weight excluding hydrogens is 284 g/mol. The van der Waals surface area contributed by atoms with Crippen molar-refractivity contribution in [3.63, 3.8) is 0 Å². The molecule has 0 radical (unpaired) electrons. The standard InChI is InChI=1S/C6H12O.3C2H4O2.2H3N/c1-3-5-6(7)4-2;3*1-2(3)4;;/h5,7H,3-4H2,1-2H3;3*1H3,(H,3,4);2*1H3/b6-5+;;;;;. The molecule has 0 spiro atoms. The minimum absolute atomic E-state index is 0. The summed E-state index contributed by atoms with van der Waals surface area (Å²) in [6, 6.07) is 0. The highest BCUT2D eigenvalue weighted by molar-refractivity contribution is 5.63. The molecular formula is C12H30N2O7. The molecule has 0 atom stereocenters. The van der Waals surface area contributed by atoms with Gasteiger partial charge in [-0.1, -0.05) is 13.8 Å². The molecule has 0 saturated heterocycles. The smallest absolute Gasteiger partial charge is 0.300 e. The van der Waals surface area contributed by atoms with Crippen molar-refractivity contribution in [1.82, 2.24) is 12.3 Å². The fourth-order valence-electron chi connectivity index (χ4n) is 0.380. The number of rotatable bonds is 2. The van der Waals surface area contributed by atoms with Crippen molar-refractivity contribution in [2.45, 2.75) is 47.5 Å². The Kier molecular flexibility index (Phi) is 53.2. The molecule has 0 amide bonds. The molecule has 0 saturated carbocycles. The molecule has 0 fully saturated rings. The van der Waals surface area contributed by atoms with Gasteiger partial charge in [-0.05, 0) is 12.5 Å². The molecule has 0 unspecified atom stereocenters. The summed E-state index contributed by atoms with van der Waals surface area (Å²) in [6.07, 6.45) is 3.51. The van der Waals surface area contributed by atoms with E-state index in [1.165, 1.54) is 0 Å². The third kappa shape index (κ3) is 546. The van der Waals surface area contributed by atoms with E-state index in [1.807, 2.05) is 19.9 Å². The third-order valence-corrected chi connectivity index (χ3v) is 0.802. The summed E-state index contributed by atoms with van der Waals surface area (Å²) >= 11 is 0. The van der Waals surface area contributed by atoms with E-state index in [2.05, 4.69) is 0 Å². The predicted octanol–water partition coefficient (Wildman–Crippen LogP) is 2.84. The number of allylic oxidation sites excluding steroid dienone is 2. The Hall–Kier alpha value is -2.13. The van der Waals surface area contributed by atoms with Crippen molar-refractivity contribution in [3.8, 4) is 0 Å². The zero-order valence-corrected chi connectivity index (χ0v) is 13.4. The van der Waals surface area contributed by atoms with Gasteiger partial charge in [0, 0.05) is 27.2 Å². The molecule has 0 aromatic rings. The van der Waals surface area contributed by atoms with Gasteiger partial charge in [0.2, 0.25) is 0 Å². The summed E-state index contributed by atoms with van der Waals surface area (Å²) in [5, 5.41) is 31.0. The van der Waals surface area contributed by atoms with E-state index < -0.39 is 17.9 Å². The highest BCUT2D eigenvalue weighted by atomic mass is 16.4. The Bertz CT molecular complexity index is 238. The van der Waals surface area contributed by atoms with Crippen LogP contribution in [-0.4, -0.2) is 38.3 Å². The molecule has 9 nitrogen and oxygen atoms in total. The van der Waals surface area contributed by atoms with Crippen LogP contribution in [-0.2, 0) is 14.4 Å². The molecule has 10 N–H and O–H groups in total. The van der Waals surface area contributed by atoms with Crippen LogP contribution in [0.15, 0.2) is 11.8 Å². The summed E-state index contributed by atoms with van der Waals surface area (Å²) in [5.74, 6) is -2.00. The van der Waals surface area contributed by atoms with Gasteiger partial charge < -0.3 is 32.7 Å². The first-order valence-electron chi connectivity index (χ1n) is 5.47. The molecule has 0 aliphatic heterocycles. The summed E-state index contributed by atoms with van der Waals surface area (Å²) in [7, 11) is 0. The molecule has 21 heavy (non-hydrogen) atoms. The van der Waals surface area contributed by atoms with Crippen LogP contribution >= 0.6 is 0 Å². The lowest BCUT2D eigenvalue weighted by Gasteiger charge is -1.87. The maximum Gasteiger partial charge on any atom is 0.300 e. The Morgan fingerprint density at radius 2 is 0.952 bits per heavy atom. The van der Waals surface area contributed by atoms with Gasteiger partial charge in [0.15, 0.2) is 0 Å². The van der Waals surface area contributed by atoms with Crippen molar-refractivity contribution >= 4 is 17.9 Å². The molecule has 0 aliphatic rings. The number of carboxylic acid groups (broad SMARTS) is 3. The quantitative estimate of drug-likeness (QED) is 0.414. The van der Waals surface area contributed by atoms with Crippen molar-refractivity contribution in [3.05, 3.63) is 11.8 Å². The fraction of sp³-hybridized carbons (Fsp3) is 0.583. The van der Waals surface area contributed by atoms with Crippen molar-refractivity contribution in [2.24, 2.45) is 0 Å². The summed E-state index contributed by atoms with van der Waals surface area (Å²) in [5.41, 5.74) is 0. The van der Waals surface area contributed by atoms with E-state index in [1.54, 1.807) is 0 Å². The Morgan fingerprint density at radius 3 is 1.00 bits per heavy atom. The molecule has 130 valence electrons. The van der Waals surface area contributed by atoms with Gasteiger partial charge in [-0.15, -0.1) is 0 Å². The summed E-state index contributed by atoms with van der Waals surface area (Å²) in [4.78, 5) is 27.0. The van der Waals surface area contributed by atoms with Gasteiger partial charge in [0.25, 0.3) is 17.9 Å². The van der Waals surface area contributed by atoms with E-state index in [0.717, 1.165) is 33.6 Å². The fourth-order valence-corrected chi connectivity index (χ4v) is 0.380. The van der Waals surface area contributed by atoms with Gasteiger partial charge in [-0.2, -0.15) is 0 Å². The van der Waals surface area contributed by atoms with Gasteiger partial charge in [0.05, 0.1) is 5.76 Å². The molecule has 0 bridgehead atoms. The lowest BCUT2D eigenvalue weighted by molar-refractivity contribution is -0.135. The van der Waals surface area contributed by atoms with E-state index in [-0.39, 0.29) is 12.3 Å². The molecule has 0 aromatic carbocycles. The highest BCUT2D eigenvalue weighted by Gasteiger charge is 1.80. The number of aliphatic hydroxyl groups is 1. The second kappa shape index (κ2) is 30.7. The van der Waals surface area contributed by atoms with Crippen molar-refractivity contribution < 1.29 is 34.8 Å². The van der Waals surface area contributed by atoms with Gasteiger partial charge in [-0.3, -0.25) is 14.4 Å². The second-order valence-electron chi connectivity index (χ2n) is 3.01. The molecule has 0 rings (SSSR count). The Labute approximate surface area is 125 Å². The SMILES string of the molecule is CC(=O)O.CC(=O)O.CC(=O)O.CC/C=C(/O)CC.N.N. The Balaban J connectivity index is -0.0000000359. The minimum atomic E-state index is -0.833. The van der Waals surface area contributed by atoms with Crippen LogP contribution in [0.4, 0.5) is 0 Å². The number of aliphatic hydroxyl groups excluding tert-OH is 1. The zero-order valence-electron chi connectivity index (χ0n) is 13.4. The average molecular weight is 314 g/mol. The van der Waals surface area contributed by atoms with E-state index in [9.17, 15) is 0 Å². The largest absolute Gasteiger partial charge is 0.513 e. The first kappa shape index (κ1) is 36.4. The van der Waals surface area contributed by atoms with Crippen LogP contribution in [0.3, 0.4) is 0 Å². The monoisotopic (exact) mass is 314 g/mol. The van der Waals surface area contributed by atoms with E-state index >= 15 is 0 Å². The number of carboxylic acids is 3. The average Bonchev–Trinajstić information content (AvgIpc) is 2.15. The Morgan fingerprint density at radius 1 is 0.762 bits per heavy atom.